The molecule has 7 nitrogen and oxygen atoms in total. The minimum absolute atomic E-state index is 0.224. The summed E-state index contributed by atoms with van der Waals surface area (Å²) in [5.41, 5.74) is 1.84. The van der Waals surface area contributed by atoms with Gasteiger partial charge in [0.25, 0.3) is 0 Å². The van der Waals surface area contributed by atoms with E-state index in [9.17, 15) is 9.90 Å². The normalized spacial score (nSPS) is 16.2. The van der Waals surface area contributed by atoms with Gasteiger partial charge < -0.3 is 9.84 Å². The SMILES string of the molecule is Cc1nc2cc(OC[C@H](O)CN3CCN(N(C=O)Cc4ccccc4Cl)CC3)ccc2s1. The van der Waals surface area contributed by atoms with Crippen LogP contribution in [0.4, 0.5) is 0 Å². The van der Waals surface area contributed by atoms with Crippen molar-refractivity contribution in [2.24, 2.45) is 0 Å². The highest BCUT2D eigenvalue weighted by Gasteiger charge is 2.23. The zero-order valence-corrected chi connectivity index (χ0v) is 19.6. The second-order valence-electron chi connectivity index (χ2n) is 7.88. The maximum absolute atomic E-state index is 11.6. The lowest BCUT2D eigenvalue weighted by Crippen LogP contribution is -2.54. The topological polar surface area (TPSA) is 69.1 Å². The van der Waals surface area contributed by atoms with Gasteiger partial charge in [-0.25, -0.2) is 9.99 Å². The molecule has 0 saturated carbocycles. The molecule has 1 atom stereocenters. The lowest BCUT2D eigenvalue weighted by atomic mass is 10.2. The van der Waals surface area contributed by atoms with E-state index in [2.05, 4.69) is 9.88 Å². The predicted molar refractivity (Wildman–Crippen MR) is 127 cm³/mol. The summed E-state index contributed by atoms with van der Waals surface area (Å²) in [7, 11) is 0. The third-order valence-electron chi connectivity index (χ3n) is 5.50. The number of aliphatic hydroxyl groups excluding tert-OH is 1. The molecule has 1 N–H and O–H groups in total. The van der Waals surface area contributed by atoms with Gasteiger partial charge in [0.2, 0.25) is 6.41 Å². The Balaban J connectivity index is 1.23. The van der Waals surface area contributed by atoms with Crippen LogP contribution in [0.5, 0.6) is 5.75 Å². The van der Waals surface area contributed by atoms with Crippen LogP contribution in [0.2, 0.25) is 5.02 Å². The smallest absolute Gasteiger partial charge is 0.224 e. The average molecular weight is 475 g/mol. The number of piperazine rings is 1. The van der Waals surface area contributed by atoms with Crippen LogP contribution in [0.15, 0.2) is 42.5 Å². The van der Waals surface area contributed by atoms with E-state index in [-0.39, 0.29) is 6.61 Å². The van der Waals surface area contributed by atoms with Gasteiger partial charge in [0, 0.05) is 43.8 Å². The Morgan fingerprint density at radius 2 is 2.03 bits per heavy atom. The molecule has 1 aromatic heterocycles. The molecular weight excluding hydrogens is 448 g/mol. The van der Waals surface area contributed by atoms with Crippen molar-refractivity contribution in [3.05, 3.63) is 58.1 Å². The van der Waals surface area contributed by atoms with Crippen molar-refractivity contribution in [1.82, 2.24) is 19.9 Å². The van der Waals surface area contributed by atoms with E-state index in [1.807, 2.05) is 54.4 Å². The molecule has 0 bridgehead atoms. The Bertz CT molecular complexity index is 1050. The quantitative estimate of drug-likeness (QED) is 0.480. The predicted octanol–water partition coefficient (Wildman–Crippen LogP) is 3.19. The Hall–Kier alpha value is -2.23. The second kappa shape index (κ2) is 10.6. The molecule has 1 aliphatic heterocycles. The fraction of sp³-hybridized carbons (Fsp3) is 0.391. The number of fused-ring (bicyclic) bond motifs is 1. The van der Waals surface area contributed by atoms with Crippen molar-refractivity contribution < 1.29 is 14.6 Å². The van der Waals surface area contributed by atoms with Gasteiger partial charge in [-0.2, -0.15) is 0 Å². The summed E-state index contributed by atoms with van der Waals surface area (Å²) in [6.45, 7) is 6.11. The first-order chi connectivity index (χ1) is 15.5. The highest BCUT2D eigenvalue weighted by atomic mass is 35.5. The largest absolute Gasteiger partial charge is 0.491 e. The van der Waals surface area contributed by atoms with Crippen molar-refractivity contribution in [3.8, 4) is 5.75 Å². The van der Waals surface area contributed by atoms with Crippen LogP contribution in [0, 0.1) is 6.92 Å². The molecule has 9 heteroatoms. The van der Waals surface area contributed by atoms with E-state index in [1.54, 1.807) is 16.3 Å². The number of hydrazine groups is 1. The molecule has 32 heavy (non-hydrogen) atoms. The van der Waals surface area contributed by atoms with E-state index < -0.39 is 6.10 Å². The number of carbonyl (C=O) groups is 1. The van der Waals surface area contributed by atoms with Crippen molar-refractivity contribution in [2.75, 3.05) is 39.3 Å². The number of aryl methyl sites for hydroxylation is 1. The first-order valence-electron chi connectivity index (χ1n) is 10.6. The van der Waals surface area contributed by atoms with Gasteiger partial charge >= 0.3 is 0 Å². The van der Waals surface area contributed by atoms with Crippen LogP contribution in [0.25, 0.3) is 10.2 Å². The first kappa shape index (κ1) is 22.9. The molecule has 4 rings (SSSR count). The van der Waals surface area contributed by atoms with Crippen LogP contribution in [0.1, 0.15) is 10.6 Å². The van der Waals surface area contributed by atoms with E-state index in [0.717, 1.165) is 40.3 Å². The molecule has 170 valence electrons. The lowest BCUT2D eigenvalue weighted by Gasteiger charge is -2.40. The minimum atomic E-state index is -0.597. The van der Waals surface area contributed by atoms with Gasteiger partial charge in [-0.3, -0.25) is 14.7 Å². The van der Waals surface area contributed by atoms with E-state index >= 15 is 0 Å². The van der Waals surface area contributed by atoms with E-state index in [4.69, 9.17) is 16.3 Å². The Morgan fingerprint density at radius 1 is 1.25 bits per heavy atom. The Morgan fingerprint density at radius 3 is 2.78 bits per heavy atom. The van der Waals surface area contributed by atoms with Crippen LogP contribution in [-0.2, 0) is 11.3 Å². The number of amides is 1. The number of aliphatic hydroxyl groups is 1. The minimum Gasteiger partial charge on any atom is -0.491 e. The number of nitrogens with zero attached hydrogens (tertiary/aromatic N) is 4. The average Bonchev–Trinajstić information content (AvgIpc) is 3.17. The van der Waals surface area contributed by atoms with Gasteiger partial charge in [-0.15, -0.1) is 11.3 Å². The van der Waals surface area contributed by atoms with Gasteiger partial charge in [-0.1, -0.05) is 29.8 Å². The summed E-state index contributed by atoms with van der Waals surface area (Å²) in [4.78, 5) is 18.3. The summed E-state index contributed by atoms with van der Waals surface area (Å²) in [5, 5.41) is 15.8. The van der Waals surface area contributed by atoms with Crippen molar-refractivity contribution in [1.29, 1.82) is 0 Å². The summed E-state index contributed by atoms with van der Waals surface area (Å²) in [5.74, 6) is 0.716. The summed E-state index contributed by atoms with van der Waals surface area (Å²) < 4.78 is 6.92. The van der Waals surface area contributed by atoms with Gasteiger partial charge in [0.1, 0.15) is 18.5 Å². The van der Waals surface area contributed by atoms with Crippen LogP contribution < -0.4 is 4.74 Å². The summed E-state index contributed by atoms with van der Waals surface area (Å²) >= 11 is 7.89. The Kier molecular flexibility index (Phi) is 7.59. The highest BCUT2D eigenvalue weighted by molar-refractivity contribution is 7.18. The number of hydrogen-bond acceptors (Lipinski definition) is 7. The molecule has 1 saturated heterocycles. The first-order valence-corrected chi connectivity index (χ1v) is 11.8. The molecule has 0 spiro atoms. The number of ether oxygens (including phenoxy) is 1. The molecular formula is C23H27ClN4O3S. The highest BCUT2D eigenvalue weighted by Crippen LogP contribution is 2.25. The van der Waals surface area contributed by atoms with Gasteiger partial charge in [-0.05, 0) is 30.7 Å². The third-order valence-corrected chi connectivity index (χ3v) is 6.82. The maximum Gasteiger partial charge on any atom is 0.224 e. The fourth-order valence-electron chi connectivity index (χ4n) is 3.84. The maximum atomic E-state index is 11.6. The van der Waals surface area contributed by atoms with Crippen molar-refractivity contribution >= 4 is 39.6 Å². The number of aromatic nitrogens is 1. The van der Waals surface area contributed by atoms with Gasteiger partial charge in [0.15, 0.2) is 0 Å². The van der Waals surface area contributed by atoms with Crippen LogP contribution in [-0.4, -0.2) is 76.9 Å². The monoisotopic (exact) mass is 474 g/mol. The van der Waals surface area contributed by atoms with Crippen molar-refractivity contribution in [3.63, 3.8) is 0 Å². The number of β-amino-alcohol motifs (C(OH)–C–C–N with tert-alkyl or cyclic N) is 1. The summed E-state index contributed by atoms with van der Waals surface area (Å²) in [6.07, 6.45) is 0.252. The third kappa shape index (κ3) is 5.76. The zero-order chi connectivity index (χ0) is 22.5. The molecule has 2 aromatic carbocycles. The van der Waals surface area contributed by atoms with Crippen LogP contribution >= 0.6 is 22.9 Å². The Labute approximate surface area is 196 Å². The van der Waals surface area contributed by atoms with Crippen molar-refractivity contribution in [2.45, 2.75) is 19.6 Å². The van der Waals surface area contributed by atoms with E-state index in [0.29, 0.717) is 37.0 Å². The zero-order valence-electron chi connectivity index (χ0n) is 18.0. The van der Waals surface area contributed by atoms with Gasteiger partial charge in [0.05, 0.1) is 21.8 Å². The number of rotatable bonds is 9. The lowest BCUT2D eigenvalue weighted by molar-refractivity contribution is -0.140. The standard InChI is InChI=1S/C23H27ClN4O3S/c1-17-25-22-12-20(6-7-23(22)32-17)31-15-19(30)14-26-8-10-27(11-9-26)28(16-29)13-18-4-2-3-5-21(18)24/h2-7,12,16,19,30H,8-11,13-15H2,1H3/t19-/m1/s1. The number of halogens is 1. The molecule has 0 aliphatic carbocycles. The molecule has 0 unspecified atom stereocenters. The van der Waals surface area contributed by atoms with Crippen LogP contribution in [0.3, 0.4) is 0 Å². The van der Waals surface area contributed by atoms with E-state index in [1.165, 1.54) is 0 Å². The second-order valence-corrected chi connectivity index (χ2v) is 9.52. The number of benzene rings is 2. The fourth-order valence-corrected chi connectivity index (χ4v) is 4.84. The number of carbonyl (C=O) groups excluding carboxylic acids is 1. The molecule has 1 fully saturated rings. The molecule has 1 aliphatic rings. The molecule has 0 radical (unpaired) electrons. The molecule has 1 amide bonds. The number of hydrogen-bond donors (Lipinski definition) is 1. The molecule has 3 aromatic rings. The number of thiazole rings is 1. The summed E-state index contributed by atoms with van der Waals surface area (Å²) in [6, 6.07) is 13.4. The molecule has 2 heterocycles.